The minimum atomic E-state index is -0.725. The average Bonchev–Trinajstić information content (AvgIpc) is 3.12. The molecule has 0 aromatic heterocycles. The maximum atomic E-state index is 13.2. The average molecular weight is 454 g/mol. The molecule has 1 aliphatic heterocycles. The van der Waals surface area contributed by atoms with E-state index in [-0.39, 0.29) is 11.3 Å². The Labute approximate surface area is 199 Å². The van der Waals surface area contributed by atoms with Gasteiger partial charge in [-0.2, -0.15) is 0 Å². The van der Waals surface area contributed by atoms with Gasteiger partial charge in [0.05, 0.1) is 11.6 Å². The topological polar surface area (TPSA) is 66.8 Å². The first-order chi connectivity index (χ1) is 16.5. The molecule has 4 rings (SSSR count). The summed E-state index contributed by atoms with van der Waals surface area (Å²) >= 11 is 0. The van der Waals surface area contributed by atoms with Gasteiger partial charge in [-0.3, -0.25) is 9.59 Å². The maximum absolute atomic E-state index is 13.2. The highest BCUT2D eigenvalue weighted by atomic mass is 16.5. The fourth-order valence-corrected chi connectivity index (χ4v) is 4.15. The smallest absolute Gasteiger partial charge is 0.295 e. The van der Waals surface area contributed by atoms with Crippen LogP contribution in [0.1, 0.15) is 28.3 Å². The van der Waals surface area contributed by atoms with Crippen LogP contribution in [-0.4, -0.2) is 34.8 Å². The highest BCUT2D eigenvalue weighted by Crippen LogP contribution is 2.40. The molecule has 3 aromatic carbocycles. The van der Waals surface area contributed by atoms with E-state index in [1.54, 1.807) is 29.2 Å². The number of Topliss-reactive ketones (excluding diaryl/α,β-unsaturated/α-hetero) is 1. The monoisotopic (exact) mass is 453 g/mol. The molecule has 0 aliphatic carbocycles. The number of rotatable bonds is 8. The Kier molecular flexibility index (Phi) is 6.93. The van der Waals surface area contributed by atoms with E-state index in [4.69, 9.17) is 4.74 Å². The third-order valence-corrected chi connectivity index (χ3v) is 5.89. The number of hydrogen-bond donors (Lipinski definition) is 1. The molecule has 1 unspecified atom stereocenters. The zero-order chi connectivity index (χ0) is 24.1. The van der Waals surface area contributed by atoms with Gasteiger partial charge in [0.25, 0.3) is 11.7 Å². The number of amides is 1. The van der Waals surface area contributed by atoms with Crippen LogP contribution in [-0.2, 0) is 16.0 Å². The van der Waals surface area contributed by atoms with Gasteiger partial charge in [0.15, 0.2) is 0 Å². The predicted octanol–water partition coefficient (Wildman–Crippen LogP) is 5.22. The molecule has 1 heterocycles. The van der Waals surface area contributed by atoms with Gasteiger partial charge in [-0.05, 0) is 36.6 Å². The molecule has 0 radical (unpaired) electrons. The highest BCUT2D eigenvalue weighted by molar-refractivity contribution is 6.46. The van der Waals surface area contributed by atoms with E-state index in [1.807, 2.05) is 67.6 Å². The van der Waals surface area contributed by atoms with Gasteiger partial charge in [0.2, 0.25) is 0 Å². The van der Waals surface area contributed by atoms with Crippen LogP contribution in [0.15, 0.2) is 97.1 Å². The van der Waals surface area contributed by atoms with Gasteiger partial charge < -0.3 is 14.7 Å². The number of nitrogens with zero attached hydrogens (tertiary/aromatic N) is 1. The molecule has 1 saturated heterocycles. The number of aliphatic hydroxyl groups excluding tert-OH is 1. The number of aliphatic hydroxyl groups is 1. The lowest BCUT2D eigenvalue weighted by atomic mass is 9.94. The van der Waals surface area contributed by atoms with Gasteiger partial charge >= 0.3 is 0 Å². The third-order valence-electron chi connectivity index (χ3n) is 5.89. The maximum Gasteiger partial charge on any atom is 0.295 e. The Hall–Kier alpha value is -4.12. The van der Waals surface area contributed by atoms with Crippen molar-refractivity contribution < 1.29 is 19.4 Å². The standard InChI is InChI=1S/C29H27NO4/c1-3-18-34-24-11-7-10-23(19-24)26-25(27(31)22-14-12-20(2)13-15-22)28(32)29(33)30(26)17-16-21-8-5-4-6-9-21/h3-15,19,26,31H,1,16-18H2,2H3/b27-25+. The fraction of sp³-hybridized carbons (Fsp3) is 0.172. The van der Waals surface area contributed by atoms with Crippen molar-refractivity contribution >= 4 is 17.4 Å². The molecular weight excluding hydrogens is 426 g/mol. The molecule has 0 bridgehead atoms. The van der Waals surface area contributed by atoms with E-state index in [9.17, 15) is 14.7 Å². The lowest BCUT2D eigenvalue weighted by Crippen LogP contribution is -2.31. The van der Waals surface area contributed by atoms with Crippen molar-refractivity contribution in [2.24, 2.45) is 0 Å². The number of ketones is 1. The number of likely N-dealkylation sites (tertiary alicyclic amines) is 1. The zero-order valence-corrected chi connectivity index (χ0v) is 19.1. The number of aryl methyl sites for hydroxylation is 1. The van der Waals surface area contributed by atoms with Crippen LogP contribution in [0.4, 0.5) is 0 Å². The number of ether oxygens (including phenoxy) is 1. The van der Waals surface area contributed by atoms with Crippen LogP contribution in [0.2, 0.25) is 0 Å². The number of hydrogen-bond acceptors (Lipinski definition) is 4. The van der Waals surface area contributed by atoms with Gasteiger partial charge in [-0.15, -0.1) is 0 Å². The summed E-state index contributed by atoms with van der Waals surface area (Å²) in [5.74, 6) is -0.884. The number of carbonyl (C=O) groups is 2. The van der Waals surface area contributed by atoms with Gasteiger partial charge in [-0.1, -0.05) is 84.9 Å². The molecule has 5 heteroatoms. The van der Waals surface area contributed by atoms with Crippen LogP contribution in [0, 0.1) is 6.92 Å². The second-order valence-electron chi connectivity index (χ2n) is 8.27. The van der Waals surface area contributed by atoms with Crippen LogP contribution >= 0.6 is 0 Å². The van der Waals surface area contributed by atoms with Crippen molar-refractivity contribution in [3.8, 4) is 5.75 Å². The van der Waals surface area contributed by atoms with Crippen LogP contribution < -0.4 is 4.74 Å². The molecule has 1 atom stereocenters. The number of benzene rings is 3. The second kappa shape index (κ2) is 10.2. The first kappa shape index (κ1) is 23.1. The summed E-state index contributed by atoms with van der Waals surface area (Å²) in [6.07, 6.45) is 2.23. The van der Waals surface area contributed by atoms with Crippen molar-refractivity contribution in [1.82, 2.24) is 4.90 Å². The Morgan fingerprint density at radius 3 is 2.47 bits per heavy atom. The van der Waals surface area contributed by atoms with Crippen LogP contribution in [0.3, 0.4) is 0 Å². The molecule has 1 amide bonds. The van der Waals surface area contributed by atoms with E-state index < -0.39 is 17.7 Å². The molecule has 34 heavy (non-hydrogen) atoms. The first-order valence-electron chi connectivity index (χ1n) is 11.2. The van der Waals surface area contributed by atoms with Crippen LogP contribution in [0.25, 0.3) is 5.76 Å². The van der Waals surface area contributed by atoms with Gasteiger partial charge in [0.1, 0.15) is 18.1 Å². The van der Waals surface area contributed by atoms with Gasteiger partial charge in [-0.25, -0.2) is 0 Å². The summed E-state index contributed by atoms with van der Waals surface area (Å²) in [6, 6.07) is 23.6. The van der Waals surface area contributed by atoms with Crippen molar-refractivity contribution in [1.29, 1.82) is 0 Å². The highest BCUT2D eigenvalue weighted by Gasteiger charge is 2.45. The molecule has 1 fully saturated rings. The summed E-state index contributed by atoms with van der Waals surface area (Å²) < 4.78 is 5.68. The second-order valence-corrected chi connectivity index (χ2v) is 8.27. The number of carbonyl (C=O) groups excluding carboxylic acids is 2. The molecular formula is C29H27NO4. The first-order valence-corrected chi connectivity index (χ1v) is 11.2. The van der Waals surface area contributed by atoms with Crippen molar-refractivity contribution in [2.75, 3.05) is 13.2 Å². The minimum absolute atomic E-state index is 0.0859. The summed E-state index contributed by atoms with van der Waals surface area (Å²) in [4.78, 5) is 27.9. The molecule has 172 valence electrons. The molecule has 1 aliphatic rings. The molecule has 1 N–H and O–H groups in total. The summed E-state index contributed by atoms with van der Waals surface area (Å²) in [6.45, 7) is 6.29. The molecule has 3 aromatic rings. The third kappa shape index (κ3) is 4.79. The Bertz CT molecular complexity index is 1230. The normalized spacial score (nSPS) is 17.1. The van der Waals surface area contributed by atoms with E-state index in [2.05, 4.69) is 6.58 Å². The zero-order valence-electron chi connectivity index (χ0n) is 19.1. The molecule has 0 saturated carbocycles. The largest absolute Gasteiger partial charge is 0.507 e. The quantitative estimate of drug-likeness (QED) is 0.220. The van der Waals surface area contributed by atoms with E-state index >= 15 is 0 Å². The van der Waals surface area contributed by atoms with Crippen molar-refractivity contribution in [2.45, 2.75) is 19.4 Å². The van der Waals surface area contributed by atoms with E-state index in [1.165, 1.54) is 0 Å². The summed E-state index contributed by atoms with van der Waals surface area (Å²) in [7, 11) is 0. The van der Waals surface area contributed by atoms with Crippen LogP contribution in [0.5, 0.6) is 5.75 Å². The Morgan fingerprint density at radius 1 is 1.03 bits per heavy atom. The predicted molar refractivity (Wildman–Crippen MR) is 132 cm³/mol. The summed E-state index contributed by atoms with van der Waals surface area (Å²) in [5, 5.41) is 11.2. The lowest BCUT2D eigenvalue weighted by molar-refractivity contribution is -0.139. The Balaban J connectivity index is 1.78. The van der Waals surface area contributed by atoms with E-state index in [0.29, 0.717) is 36.4 Å². The minimum Gasteiger partial charge on any atom is -0.507 e. The fourth-order valence-electron chi connectivity index (χ4n) is 4.15. The van der Waals surface area contributed by atoms with Gasteiger partial charge in [0, 0.05) is 12.1 Å². The molecule has 5 nitrogen and oxygen atoms in total. The SMILES string of the molecule is C=CCOc1cccc(C2/C(=C(\O)c3ccc(C)cc3)C(=O)C(=O)N2CCc2ccccc2)c1. The molecule has 0 spiro atoms. The van der Waals surface area contributed by atoms with E-state index in [0.717, 1.165) is 11.1 Å². The summed E-state index contributed by atoms with van der Waals surface area (Å²) in [5.41, 5.74) is 3.37. The lowest BCUT2D eigenvalue weighted by Gasteiger charge is -2.25. The van der Waals surface area contributed by atoms with Crippen molar-refractivity contribution in [3.05, 3.63) is 119 Å². The Morgan fingerprint density at radius 2 is 1.76 bits per heavy atom. The van der Waals surface area contributed by atoms with Crippen molar-refractivity contribution in [3.63, 3.8) is 0 Å².